The van der Waals surface area contributed by atoms with Gasteiger partial charge < -0.3 is 5.32 Å². The molecule has 1 N–H and O–H groups in total. The quantitative estimate of drug-likeness (QED) is 0.668. The lowest BCUT2D eigenvalue weighted by Crippen LogP contribution is -2.35. The molecule has 0 saturated carbocycles. The van der Waals surface area contributed by atoms with Crippen molar-refractivity contribution in [3.8, 4) is 0 Å². The second kappa shape index (κ2) is 6.08. The summed E-state index contributed by atoms with van der Waals surface area (Å²) in [6.07, 6.45) is 0.754. The normalized spacial score (nSPS) is 17.4. The van der Waals surface area contributed by atoms with E-state index < -0.39 is 14.9 Å². The lowest BCUT2D eigenvalue weighted by molar-refractivity contribution is -0.385. The number of nitrogens with zero attached hydrogens (tertiary/aromatic N) is 2. The maximum absolute atomic E-state index is 12.8. The van der Waals surface area contributed by atoms with E-state index in [9.17, 15) is 18.5 Å². The van der Waals surface area contributed by atoms with Crippen molar-refractivity contribution < 1.29 is 13.3 Å². The van der Waals surface area contributed by atoms with Crippen LogP contribution in [0.4, 0.5) is 5.69 Å². The van der Waals surface area contributed by atoms with Crippen LogP contribution in [-0.2, 0) is 10.0 Å². The maximum Gasteiger partial charge on any atom is 0.270 e. The van der Waals surface area contributed by atoms with E-state index in [0.717, 1.165) is 13.0 Å². The van der Waals surface area contributed by atoms with Crippen LogP contribution in [0.1, 0.15) is 17.5 Å². The molecule has 0 atom stereocenters. The molecule has 1 aromatic rings. The molecule has 1 aromatic carbocycles. The Kier molecular flexibility index (Phi) is 4.60. The summed E-state index contributed by atoms with van der Waals surface area (Å²) in [5, 5.41) is 14.0. The molecule has 0 unspecified atom stereocenters. The Labute approximate surface area is 124 Å². The van der Waals surface area contributed by atoms with Gasteiger partial charge in [-0.2, -0.15) is 4.31 Å². The summed E-state index contributed by atoms with van der Waals surface area (Å²) in [6, 6.07) is 2.63. The van der Waals surface area contributed by atoms with Crippen molar-refractivity contribution in [1.29, 1.82) is 0 Å². The van der Waals surface area contributed by atoms with Crippen molar-refractivity contribution >= 4 is 15.7 Å². The van der Waals surface area contributed by atoms with Gasteiger partial charge in [0, 0.05) is 31.8 Å². The van der Waals surface area contributed by atoms with Crippen LogP contribution in [0.25, 0.3) is 0 Å². The van der Waals surface area contributed by atoms with E-state index in [4.69, 9.17) is 0 Å². The van der Waals surface area contributed by atoms with Crippen LogP contribution < -0.4 is 5.32 Å². The zero-order chi connectivity index (χ0) is 15.6. The fourth-order valence-electron chi connectivity index (χ4n) is 2.63. The highest BCUT2D eigenvalue weighted by Gasteiger charge is 2.29. The molecule has 116 valence electrons. The number of aryl methyl sites for hydroxylation is 2. The maximum atomic E-state index is 12.8. The standard InChI is InChI=1S/C13H19N3O4S/c1-10-8-12(16(17)18)9-11(2)13(10)21(19,20)15-6-3-4-14-5-7-15/h8-9,14H,3-7H2,1-2H3. The number of rotatable bonds is 3. The third-order valence-corrected chi connectivity index (χ3v) is 5.76. The first-order valence-electron chi connectivity index (χ1n) is 6.80. The molecule has 1 aliphatic rings. The van der Waals surface area contributed by atoms with Crippen molar-refractivity contribution in [3.63, 3.8) is 0 Å². The lowest BCUT2D eigenvalue weighted by atomic mass is 10.1. The van der Waals surface area contributed by atoms with Crippen LogP contribution in [0.3, 0.4) is 0 Å². The van der Waals surface area contributed by atoms with E-state index in [1.807, 2.05) is 0 Å². The number of sulfonamides is 1. The Hall–Kier alpha value is -1.51. The van der Waals surface area contributed by atoms with Gasteiger partial charge in [0.15, 0.2) is 0 Å². The van der Waals surface area contributed by atoms with Crippen LogP contribution in [0.5, 0.6) is 0 Å². The van der Waals surface area contributed by atoms with E-state index >= 15 is 0 Å². The first-order chi connectivity index (χ1) is 9.84. The van der Waals surface area contributed by atoms with Crippen LogP contribution in [0, 0.1) is 24.0 Å². The topological polar surface area (TPSA) is 92.5 Å². The van der Waals surface area contributed by atoms with E-state index in [1.165, 1.54) is 16.4 Å². The number of non-ortho nitro benzene ring substituents is 1. The molecule has 7 nitrogen and oxygen atoms in total. The second-order valence-corrected chi connectivity index (χ2v) is 7.05. The first-order valence-corrected chi connectivity index (χ1v) is 8.24. The van der Waals surface area contributed by atoms with Crippen LogP contribution in [0.15, 0.2) is 17.0 Å². The molecule has 8 heteroatoms. The predicted octanol–water partition coefficient (Wildman–Crippen LogP) is 1.20. The zero-order valence-electron chi connectivity index (χ0n) is 12.1. The minimum absolute atomic E-state index is 0.0820. The molecule has 0 amide bonds. The Morgan fingerprint density at radius 1 is 1.19 bits per heavy atom. The highest BCUT2D eigenvalue weighted by Crippen LogP contribution is 2.28. The first kappa shape index (κ1) is 15.9. The number of nitro groups is 1. The number of benzene rings is 1. The molecule has 1 aliphatic heterocycles. The van der Waals surface area contributed by atoms with Crippen LogP contribution in [-0.4, -0.2) is 43.8 Å². The molecule has 0 aliphatic carbocycles. The van der Waals surface area contributed by atoms with Gasteiger partial charge in [-0.15, -0.1) is 0 Å². The Morgan fingerprint density at radius 2 is 1.81 bits per heavy atom. The van der Waals surface area contributed by atoms with Gasteiger partial charge in [0.25, 0.3) is 5.69 Å². The molecule has 0 bridgehead atoms. The SMILES string of the molecule is Cc1cc([N+](=O)[O-])cc(C)c1S(=O)(=O)N1CCCNCC1. The largest absolute Gasteiger partial charge is 0.315 e. The zero-order valence-corrected chi connectivity index (χ0v) is 12.9. The number of nitrogens with one attached hydrogen (secondary N) is 1. The Bertz CT molecular complexity index is 626. The summed E-state index contributed by atoms with van der Waals surface area (Å²) in [7, 11) is -3.62. The Balaban J connectivity index is 2.46. The number of hydrogen-bond donors (Lipinski definition) is 1. The van der Waals surface area contributed by atoms with Crippen molar-refractivity contribution in [1.82, 2.24) is 9.62 Å². The van der Waals surface area contributed by atoms with Gasteiger partial charge >= 0.3 is 0 Å². The van der Waals surface area contributed by atoms with Crippen LogP contribution in [0.2, 0.25) is 0 Å². The van der Waals surface area contributed by atoms with E-state index in [0.29, 0.717) is 30.8 Å². The Morgan fingerprint density at radius 3 is 2.38 bits per heavy atom. The minimum atomic E-state index is -3.62. The molecular weight excluding hydrogens is 294 g/mol. The monoisotopic (exact) mass is 313 g/mol. The van der Waals surface area contributed by atoms with Gasteiger partial charge in [-0.05, 0) is 37.9 Å². The van der Waals surface area contributed by atoms with Gasteiger partial charge in [-0.25, -0.2) is 8.42 Å². The molecule has 0 aromatic heterocycles. The summed E-state index contributed by atoms with van der Waals surface area (Å²) in [6.45, 7) is 5.49. The fourth-order valence-corrected chi connectivity index (χ4v) is 4.52. The number of nitro benzene ring substituents is 1. The summed E-state index contributed by atoms with van der Waals surface area (Å²) >= 11 is 0. The van der Waals surface area contributed by atoms with Crippen molar-refractivity contribution in [2.75, 3.05) is 26.2 Å². The summed E-state index contributed by atoms with van der Waals surface area (Å²) in [5.41, 5.74) is 0.749. The van der Waals surface area contributed by atoms with Gasteiger partial charge in [0.1, 0.15) is 0 Å². The molecule has 1 fully saturated rings. The lowest BCUT2D eigenvalue weighted by Gasteiger charge is -2.22. The molecular formula is C13H19N3O4S. The molecule has 21 heavy (non-hydrogen) atoms. The third kappa shape index (κ3) is 3.22. The summed E-state index contributed by atoms with van der Waals surface area (Å²) < 4.78 is 27.0. The van der Waals surface area contributed by atoms with Crippen LogP contribution >= 0.6 is 0 Å². The average molecular weight is 313 g/mol. The van der Waals surface area contributed by atoms with Gasteiger partial charge in [0.05, 0.1) is 9.82 Å². The van der Waals surface area contributed by atoms with Gasteiger partial charge in [-0.1, -0.05) is 0 Å². The summed E-state index contributed by atoms with van der Waals surface area (Å²) in [4.78, 5) is 10.5. The minimum Gasteiger partial charge on any atom is -0.315 e. The second-order valence-electron chi connectivity index (χ2n) is 5.17. The molecule has 2 rings (SSSR count). The molecule has 0 spiro atoms. The van der Waals surface area contributed by atoms with Crippen molar-refractivity contribution in [2.45, 2.75) is 25.2 Å². The van der Waals surface area contributed by atoms with Crippen molar-refractivity contribution in [2.24, 2.45) is 0 Å². The highest BCUT2D eigenvalue weighted by atomic mass is 32.2. The summed E-state index contributed by atoms with van der Waals surface area (Å²) in [5.74, 6) is 0. The van der Waals surface area contributed by atoms with E-state index in [-0.39, 0.29) is 10.6 Å². The average Bonchev–Trinajstić information content (AvgIpc) is 2.66. The molecule has 1 heterocycles. The smallest absolute Gasteiger partial charge is 0.270 e. The van der Waals surface area contributed by atoms with Gasteiger partial charge in [0.2, 0.25) is 10.0 Å². The van der Waals surface area contributed by atoms with E-state index in [1.54, 1.807) is 13.8 Å². The molecule has 0 radical (unpaired) electrons. The molecule has 1 saturated heterocycles. The van der Waals surface area contributed by atoms with Crippen molar-refractivity contribution in [3.05, 3.63) is 33.4 Å². The number of hydrogen-bond acceptors (Lipinski definition) is 5. The predicted molar refractivity (Wildman–Crippen MR) is 78.8 cm³/mol. The fraction of sp³-hybridized carbons (Fsp3) is 0.538. The van der Waals surface area contributed by atoms with E-state index in [2.05, 4.69) is 5.32 Å². The van der Waals surface area contributed by atoms with Gasteiger partial charge in [-0.3, -0.25) is 10.1 Å². The highest BCUT2D eigenvalue weighted by molar-refractivity contribution is 7.89. The third-order valence-electron chi connectivity index (χ3n) is 3.55.